The minimum Gasteiger partial charge on any atom is -0.507 e. The van der Waals surface area contributed by atoms with Gasteiger partial charge in [-0.3, -0.25) is 4.79 Å². The number of rotatable bonds is 8. The molecule has 1 amide bonds. The van der Waals surface area contributed by atoms with Crippen LogP contribution in [-0.2, 0) is 0 Å². The molecule has 32 heavy (non-hydrogen) atoms. The third-order valence-corrected chi connectivity index (χ3v) is 4.32. The van der Waals surface area contributed by atoms with Crippen molar-refractivity contribution in [1.82, 2.24) is 5.43 Å². The maximum absolute atomic E-state index is 12.4. The third kappa shape index (κ3) is 5.63. The maximum atomic E-state index is 12.4. The molecule has 0 aliphatic heterocycles. The molecule has 0 spiro atoms. The van der Waals surface area contributed by atoms with E-state index in [2.05, 4.69) is 10.5 Å². The van der Waals surface area contributed by atoms with Gasteiger partial charge in [0.05, 0.1) is 31.1 Å². The van der Waals surface area contributed by atoms with E-state index in [4.69, 9.17) is 14.2 Å². The molecular weight excluding hydrogens is 412 g/mol. The van der Waals surface area contributed by atoms with Crippen molar-refractivity contribution >= 4 is 18.1 Å². The third-order valence-electron chi connectivity index (χ3n) is 4.32. The number of carbonyl (C=O) groups is 2. The Balaban J connectivity index is 1.66. The number of carbonyl (C=O) groups excluding carboxylic acids is 2. The van der Waals surface area contributed by atoms with Gasteiger partial charge in [0, 0.05) is 0 Å². The molecule has 0 aliphatic rings. The Labute approximate surface area is 185 Å². The highest BCUT2D eigenvalue weighted by molar-refractivity contribution is 5.97. The zero-order valence-electron chi connectivity index (χ0n) is 17.6. The van der Waals surface area contributed by atoms with Crippen LogP contribution in [0.5, 0.6) is 23.0 Å². The fraction of sp³-hybridized carbons (Fsp3) is 0.125. The largest absolute Gasteiger partial charge is 0.507 e. The number of hydrazone groups is 1. The standard InChI is InChI=1S/C24H22N2O6/c1-3-31-18-11-9-17(10-12-18)24(29)32-21-13-8-16(14-22(21)30-2)15-25-26-23(28)19-6-4-5-7-20(19)27/h4-15,27H,3H2,1-2H3,(H,26,28)/b25-15+. The van der Waals surface area contributed by atoms with E-state index in [9.17, 15) is 14.7 Å². The SMILES string of the molecule is CCOc1ccc(C(=O)Oc2ccc(/C=N/NC(=O)c3ccccc3O)cc2OC)cc1. The lowest BCUT2D eigenvalue weighted by Gasteiger charge is -2.10. The first-order valence-electron chi connectivity index (χ1n) is 9.76. The molecule has 8 heteroatoms. The normalized spacial score (nSPS) is 10.6. The average Bonchev–Trinajstić information content (AvgIpc) is 2.80. The fourth-order valence-corrected chi connectivity index (χ4v) is 2.75. The summed E-state index contributed by atoms with van der Waals surface area (Å²) in [5, 5.41) is 13.6. The van der Waals surface area contributed by atoms with Crippen LogP contribution in [0.3, 0.4) is 0 Å². The van der Waals surface area contributed by atoms with Gasteiger partial charge in [0.15, 0.2) is 11.5 Å². The van der Waals surface area contributed by atoms with Crippen LogP contribution in [0.15, 0.2) is 71.8 Å². The van der Waals surface area contributed by atoms with Crippen molar-refractivity contribution < 1.29 is 28.9 Å². The first-order valence-corrected chi connectivity index (χ1v) is 9.76. The molecule has 0 radical (unpaired) electrons. The Morgan fingerprint density at radius 1 is 1.03 bits per heavy atom. The van der Waals surface area contributed by atoms with E-state index < -0.39 is 11.9 Å². The van der Waals surface area contributed by atoms with Crippen LogP contribution in [0, 0.1) is 0 Å². The molecule has 0 bridgehead atoms. The van der Waals surface area contributed by atoms with Crippen molar-refractivity contribution in [3.63, 3.8) is 0 Å². The number of ether oxygens (including phenoxy) is 3. The Hall–Kier alpha value is -4.33. The number of hydrogen-bond donors (Lipinski definition) is 2. The Kier molecular flexibility index (Phi) is 7.42. The number of phenols is 1. The predicted octanol–water partition coefficient (Wildman–Crippen LogP) is 3.78. The number of nitrogens with zero attached hydrogens (tertiary/aromatic N) is 1. The van der Waals surface area contributed by atoms with E-state index >= 15 is 0 Å². The molecule has 0 unspecified atom stereocenters. The van der Waals surface area contributed by atoms with E-state index in [0.717, 1.165) is 0 Å². The number of benzene rings is 3. The summed E-state index contributed by atoms with van der Waals surface area (Å²) in [4.78, 5) is 24.5. The number of amides is 1. The number of esters is 1. The number of aromatic hydroxyl groups is 1. The first-order chi connectivity index (χ1) is 15.5. The molecular formula is C24H22N2O6. The summed E-state index contributed by atoms with van der Waals surface area (Å²) in [6.45, 7) is 2.42. The highest BCUT2D eigenvalue weighted by atomic mass is 16.6. The zero-order valence-corrected chi connectivity index (χ0v) is 17.6. The Bertz CT molecular complexity index is 1130. The number of para-hydroxylation sites is 1. The van der Waals surface area contributed by atoms with Gasteiger partial charge < -0.3 is 19.3 Å². The van der Waals surface area contributed by atoms with Gasteiger partial charge in [-0.1, -0.05) is 12.1 Å². The predicted molar refractivity (Wildman–Crippen MR) is 119 cm³/mol. The fourth-order valence-electron chi connectivity index (χ4n) is 2.75. The second-order valence-electron chi connectivity index (χ2n) is 6.47. The Morgan fingerprint density at radius 2 is 1.78 bits per heavy atom. The summed E-state index contributed by atoms with van der Waals surface area (Å²) in [5.74, 6) is -0.00244. The number of phenolic OH excluding ortho intramolecular Hbond substituents is 1. The smallest absolute Gasteiger partial charge is 0.343 e. The molecule has 0 fully saturated rings. The van der Waals surface area contributed by atoms with E-state index in [-0.39, 0.29) is 17.1 Å². The quantitative estimate of drug-likeness (QED) is 0.242. The summed E-state index contributed by atoms with van der Waals surface area (Å²) in [5.41, 5.74) is 3.42. The van der Waals surface area contributed by atoms with Crippen LogP contribution in [0.25, 0.3) is 0 Å². The van der Waals surface area contributed by atoms with Gasteiger partial charge in [-0.15, -0.1) is 0 Å². The zero-order chi connectivity index (χ0) is 22.9. The molecule has 8 nitrogen and oxygen atoms in total. The van der Waals surface area contributed by atoms with E-state index in [1.807, 2.05) is 6.92 Å². The van der Waals surface area contributed by atoms with Gasteiger partial charge in [-0.05, 0) is 67.1 Å². The molecule has 2 N–H and O–H groups in total. The lowest BCUT2D eigenvalue weighted by Crippen LogP contribution is -2.17. The molecule has 0 saturated heterocycles. The van der Waals surface area contributed by atoms with Crippen molar-refractivity contribution in [3.05, 3.63) is 83.4 Å². The molecule has 0 heterocycles. The molecule has 3 aromatic carbocycles. The summed E-state index contributed by atoms with van der Waals surface area (Å²) in [6, 6.07) is 17.6. The van der Waals surface area contributed by atoms with Gasteiger partial charge >= 0.3 is 5.97 Å². The van der Waals surface area contributed by atoms with Crippen LogP contribution >= 0.6 is 0 Å². The molecule has 0 atom stereocenters. The Morgan fingerprint density at radius 3 is 2.47 bits per heavy atom. The van der Waals surface area contributed by atoms with Crippen molar-refractivity contribution in [2.75, 3.05) is 13.7 Å². The van der Waals surface area contributed by atoms with Crippen molar-refractivity contribution in [2.45, 2.75) is 6.92 Å². The molecule has 164 valence electrons. The first kappa shape index (κ1) is 22.4. The summed E-state index contributed by atoms with van der Waals surface area (Å²) < 4.78 is 16.1. The van der Waals surface area contributed by atoms with Gasteiger partial charge in [-0.2, -0.15) is 5.10 Å². The highest BCUT2D eigenvalue weighted by Gasteiger charge is 2.13. The number of methoxy groups -OCH3 is 1. The van der Waals surface area contributed by atoms with Crippen LogP contribution in [-0.4, -0.2) is 36.9 Å². The highest BCUT2D eigenvalue weighted by Crippen LogP contribution is 2.28. The van der Waals surface area contributed by atoms with E-state index in [1.54, 1.807) is 54.6 Å². The van der Waals surface area contributed by atoms with E-state index in [1.165, 1.54) is 25.5 Å². The minimum atomic E-state index is -0.549. The second-order valence-corrected chi connectivity index (χ2v) is 6.47. The van der Waals surface area contributed by atoms with Crippen molar-refractivity contribution in [1.29, 1.82) is 0 Å². The monoisotopic (exact) mass is 434 g/mol. The van der Waals surface area contributed by atoms with Crippen molar-refractivity contribution in [2.24, 2.45) is 5.10 Å². The van der Waals surface area contributed by atoms with Gasteiger partial charge in [-0.25, -0.2) is 10.2 Å². The van der Waals surface area contributed by atoms with Crippen LogP contribution in [0.2, 0.25) is 0 Å². The summed E-state index contributed by atoms with van der Waals surface area (Å²) in [7, 11) is 1.45. The average molecular weight is 434 g/mol. The lowest BCUT2D eigenvalue weighted by atomic mass is 10.2. The molecule has 0 aliphatic carbocycles. The summed E-state index contributed by atoms with van der Waals surface area (Å²) >= 11 is 0. The minimum absolute atomic E-state index is 0.110. The van der Waals surface area contributed by atoms with Crippen molar-refractivity contribution in [3.8, 4) is 23.0 Å². The molecule has 3 rings (SSSR count). The van der Waals surface area contributed by atoms with Gasteiger partial charge in [0.2, 0.25) is 0 Å². The van der Waals surface area contributed by atoms with Crippen LogP contribution in [0.4, 0.5) is 0 Å². The van der Waals surface area contributed by atoms with Crippen LogP contribution in [0.1, 0.15) is 33.2 Å². The number of nitrogens with one attached hydrogen (secondary N) is 1. The molecule has 0 saturated carbocycles. The van der Waals surface area contributed by atoms with Crippen LogP contribution < -0.4 is 19.6 Å². The van der Waals surface area contributed by atoms with Gasteiger partial charge in [0.1, 0.15) is 11.5 Å². The van der Waals surface area contributed by atoms with Gasteiger partial charge in [0.25, 0.3) is 5.91 Å². The number of hydrogen-bond acceptors (Lipinski definition) is 7. The topological polar surface area (TPSA) is 106 Å². The lowest BCUT2D eigenvalue weighted by molar-refractivity contribution is 0.0729. The summed E-state index contributed by atoms with van der Waals surface area (Å²) in [6.07, 6.45) is 1.40. The maximum Gasteiger partial charge on any atom is 0.343 e. The molecule has 0 aromatic heterocycles. The van der Waals surface area contributed by atoms with E-state index in [0.29, 0.717) is 29.2 Å². The molecule has 3 aromatic rings. The second kappa shape index (κ2) is 10.6.